The van der Waals surface area contributed by atoms with Crippen LogP contribution < -0.4 is 4.72 Å². The number of nitriles is 1. The topological polar surface area (TPSA) is 90.2 Å². The normalized spacial score (nSPS) is 24.0. The van der Waals surface area contributed by atoms with Crippen molar-refractivity contribution < 1.29 is 13.5 Å². The minimum absolute atomic E-state index is 0.0149. The Morgan fingerprint density at radius 3 is 2.79 bits per heavy atom. The third-order valence-corrected chi connectivity index (χ3v) is 6.27. The van der Waals surface area contributed by atoms with E-state index >= 15 is 0 Å². The second-order valence-electron chi connectivity index (χ2n) is 4.69. The molecule has 0 aromatic carbocycles. The highest BCUT2D eigenvalue weighted by Gasteiger charge is 2.25. The highest BCUT2D eigenvalue weighted by Crippen LogP contribution is 2.25. The Morgan fingerprint density at radius 1 is 1.42 bits per heavy atom. The summed E-state index contributed by atoms with van der Waals surface area (Å²) >= 11 is 0.953. The first-order chi connectivity index (χ1) is 9.03. The van der Waals surface area contributed by atoms with Gasteiger partial charge in [-0.3, -0.25) is 0 Å². The summed E-state index contributed by atoms with van der Waals surface area (Å²) in [5, 5.41) is 18.5. The second-order valence-corrected chi connectivity index (χ2v) is 7.77. The van der Waals surface area contributed by atoms with E-state index in [1.165, 1.54) is 12.1 Å². The van der Waals surface area contributed by atoms with Crippen LogP contribution in [0.3, 0.4) is 0 Å². The van der Waals surface area contributed by atoms with Crippen LogP contribution >= 0.6 is 11.3 Å². The van der Waals surface area contributed by atoms with Gasteiger partial charge in [0.25, 0.3) is 0 Å². The van der Waals surface area contributed by atoms with Gasteiger partial charge in [-0.25, -0.2) is 13.1 Å². The molecule has 1 saturated carbocycles. The number of rotatable bonds is 4. The molecule has 1 aromatic heterocycles. The Bertz CT molecular complexity index is 574. The van der Waals surface area contributed by atoms with Crippen molar-refractivity contribution in [1.29, 1.82) is 5.26 Å². The zero-order valence-electron chi connectivity index (χ0n) is 10.4. The summed E-state index contributed by atoms with van der Waals surface area (Å²) in [5.74, 6) is -0.0149. The first-order valence-electron chi connectivity index (χ1n) is 6.20. The molecule has 0 saturated heterocycles. The minimum Gasteiger partial charge on any atom is -0.393 e. The molecule has 2 N–H and O–H groups in total. The second kappa shape index (κ2) is 6.01. The summed E-state index contributed by atoms with van der Waals surface area (Å²) in [4.78, 5) is 0.373. The average molecular weight is 300 g/mol. The van der Waals surface area contributed by atoms with Gasteiger partial charge in [0.1, 0.15) is 15.2 Å². The number of nitrogens with zero attached hydrogens (tertiary/aromatic N) is 1. The molecule has 0 radical (unpaired) electrons. The van der Waals surface area contributed by atoms with E-state index in [0.29, 0.717) is 4.88 Å². The lowest BCUT2D eigenvalue weighted by molar-refractivity contribution is 0.0724. The standard InChI is InChI=1S/C12H16N2O3S2/c13-7-10-5-6-12(18-10)19(16,17)14-8-9-3-1-2-4-11(9)15/h5-6,9,11,14-15H,1-4,8H2. The predicted molar refractivity (Wildman–Crippen MR) is 72.2 cm³/mol. The maximum atomic E-state index is 12.0. The van der Waals surface area contributed by atoms with Crippen molar-refractivity contribution in [2.75, 3.05) is 6.54 Å². The quantitative estimate of drug-likeness (QED) is 0.880. The van der Waals surface area contributed by atoms with Gasteiger partial charge in [-0.2, -0.15) is 5.26 Å². The summed E-state index contributed by atoms with van der Waals surface area (Å²) in [6.45, 7) is 0.253. The smallest absolute Gasteiger partial charge is 0.250 e. The summed E-state index contributed by atoms with van der Waals surface area (Å²) in [5.41, 5.74) is 0. The predicted octanol–water partition coefficient (Wildman–Crippen LogP) is 1.45. The van der Waals surface area contributed by atoms with Crippen LogP contribution in [0.5, 0.6) is 0 Å². The van der Waals surface area contributed by atoms with Gasteiger partial charge in [0, 0.05) is 6.54 Å². The largest absolute Gasteiger partial charge is 0.393 e. The van der Waals surface area contributed by atoms with Crippen molar-refractivity contribution in [1.82, 2.24) is 4.72 Å². The van der Waals surface area contributed by atoms with Crippen molar-refractivity contribution in [2.24, 2.45) is 5.92 Å². The van der Waals surface area contributed by atoms with Gasteiger partial charge < -0.3 is 5.11 Å². The van der Waals surface area contributed by atoms with Gasteiger partial charge in [-0.05, 0) is 30.9 Å². The molecule has 0 spiro atoms. The van der Waals surface area contributed by atoms with E-state index in [-0.39, 0.29) is 16.7 Å². The van der Waals surface area contributed by atoms with E-state index < -0.39 is 16.1 Å². The SMILES string of the molecule is N#Cc1ccc(S(=O)(=O)NCC2CCCCC2O)s1. The number of aliphatic hydroxyl groups excluding tert-OH is 1. The van der Waals surface area contributed by atoms with Gasteiger partial charge in [-0.15, -0.1) is 11.3 Å². The van der Waals surface area contributed by atoms with Crippen LogP contribution in [-0.2, 0) is 10.0 Å². The Morgan fingerprint density at radius 2 is 2.16 bits per heavy atom. The molecular formula is C12H16N2O3S2. The van der Waals surface area contributed by atoms with Gasteiger partial charge in [-0.1, -0.05) is 12.8 Å². The highest BCUT2D eigenvalue weighted by molar-refractivity contribution is 7.91. The lowest BCUT2D eigenvalue weighted by atomic mass is 9.87. The van der Waals surface area contributed by atoms with Gasteiger partial charge in [0.2, 0.25) is 10.0 Å². The van der Waals surface area contributed by atoms with Crippen LogP contribution in [0.15, 0.2) is 16.3 Å². The molecule has 5 nitrogen and oxygen atoms in total. The molecule has 2 unspecified atom stereocenters. The van der Waals surface area contributed by atoms with E-state index in [0.717, 1.165) is 37.0 Å². The molecule has 7 heteroatoms. The molecule has 1 aromatic rings. The van der Waals surface area contributed by atoms with Crippen LogP contribution in [0, 0.1) is 17.2 Å². The first-order valence-corrected chi connectivity index (χ1v) is 8.50. The van der Waals surface area contributed by atoms with Crippen molar-refractivity contribution in [3.63, 3.8) is 0 Å². The Labute approximate surface area is 116 Å². The number of thiophene rings is 1. The lowest BCUT2D eigenvalue weighted by Gasteiger charge is -2.27. The monoisotopic (exact) mass is 300 g/mol. The fraction of sp³-hybridized carbons (Fsp3) is 0.583. The van der Waals surface area contributed by atoms with Gasteiger partial charge in [0.05, 0.1) is 6.10 Å². The Hall–Kier alpha value is -0.940. The fourth-order valence-corrected chi connectivity index (χ4v) is 4.48. The van der Waals surface area contributed by atoms with Crippen molar-refractivity contribution >= 4 is 21.4 Å². The molecule has 104 valence electrons. The number of nitrogens with one attached hydrogen (secondary N) is 1. The van der Waals surface area contributed by atoms with Gasteiger partial charge in [0.15, 0.2) is 0 Å². The van der Waals surface area contributed by atoms with Crippen LogP contribution in [0.4, 0.5) is 0 Å². The summed E-state index contributed by atoms with van der Waals surface area (Å²) in [7, 11) is -3.57. The van der Waals surface area contributed by atoms with E-state index in [1.807, 2.05) is 6.07 Å². The molecule has 0 aliphatic heterocycles. The minimum atomic E-state index is -3.57. The number of hydrogen-bond acceptors (Lipinski definition) is 5. The Balaban J connectivity index is 1.99. The fourth-order valence-electron chi connectivity index (χ4n) is 2.24. The molecule has 19 heavy (non-hydrogen) atoms. The maximum Gasteiger partial charge on any atom is 0.250 e. The molecule has 1 aliphatic carbocycles. The van der Waals surface area contributed by atoms with Crippen LogP contribution in [0.2, 0.25) is 0 Å². The van der Waals surface area contributed by atoms with Crippen LogP contribution in [-0.4, -0.2) is 26.2 Å². The summed E-state index contributed by atoms with van der Waals surface area (Å²) < 4.78 is 26.7. The highest BCUT2D eigenvalue weighted by atomic mass is 32.2. The molecule has 1 heterocycles. The number of sulfonamides is 1. The van der Waals surface area contributed by atoms with E-state index in [4.69, 9.17) is 5.26 Å². The molecule has 2 rings (SSSR count). The molecule has 0 bridgehead atoms. The van der Waals surface area contributed by atoms with Crippen molar-refractivity contribution in [3.05, 3.63) is 17.0 Å². The third-order valence-electron chi connectivity index (χ3n) is 3.36. The van der Waals surface area contributed by atoms with Gasteiger partial charge >= 0.3 is 0 Å². The van der Waals surface area contributed by atoms with Crippen LogP contribution in [0.1, 0.15) is 30.6 Å². The molecule has 2 atom stereocenters. The zero-order valence-corrected chi connectivity index (χ0v) is 12.0. The Kier molecular flexibility index (Phi) is 4.58. The van der Waals surface area contributed by atoms with E-state index in [1.54, 1.807) is 0 Å². The summed E-state index contributed by atoms with van der Waals surface area (Å²) in [6.07, 6.45) is 3.19. The molecule has 1 aliphatic rings. The first kappa shape index (κ1) is 14.5. The lowest BCUT2D eigenvalue weighted by Crippen LogP contribution is -2.36. The molecule has 1 fully saturated rings. The molecular weight excluding hydrogens is 284 g/mol. The summed E-state index contributed by atoms with van der Waals surface area (Å²) in [6, 6.07) is 4.85. The van der Waals surface area contributed by atoms with Crippen LogP contribution in [0.25, 0.3) is 0 Å². The zero-order chi connectivity index (χ0) is 13.9. The molecule has 0 amide bonds. The number of hydrogen-bond donors (Lipinski definition) is 2. The van der Waals surface area contributed by atoms with Crippen molar-refractivity contribution in [3.8, 4) is 6.07 Å². The van der Waals surface area contributed by atoms with Crippen molar-refractivity contribution in [2.45, 2.75) is 36.0 Å². The van der Waals surface area contributed by atoms with E-state index in [9.17, 15) is 13.5 Å². The average Bonchev–Trinajstić information content (AvgIpc) is 2.87. The number of aliphatic hydroxyl groups is 1. The maximum absolute atomic E-state index is 12.0. The van der Waals surface area contributed by atoms with E-state index in [2.05, 4.69) is 4.72 Å². The third kappa shape index (κ3) is 3.54.